The van der Waals surface area contributed by atoms with E-state index in [2.05, 4.69) is 55.1 Å². The van der Waals surface area contributed by atoms with E-state index in [1.54, 1.807) is 12.1 Å². The molecule has 1 atom stereocenters. The number of anilines is 1. The minimum absolute atomic E-state index is 0.0739. The molecule has 6 rings (SSSR count). The number of hydrogen-bond acceptors (Lipinski definition) is 5. The summed E-state index contributed by atoms with van der Waals surface area (Å²) >= 11 is 1.39. The molecule has 1 N–H and O–H groups in total. The SMILES string of the molecule is CCN(CC)c1ccc(/C=c2\sc3n(c2=O)[C@@H](c2ccccc2)C2=C(N=3)c3ccccc3CC2)c(O)c1. The smallest absolute Gasteiger partial charge is 0.271 e. The second-order valence-electron chi connectivity index (χ2n) is 9.44. The number of benzene rings is 3. The van der Waals surface area contributed by atoms with Gasteiger partial charge in [-0.2, -0.15) is 0 Å². The lowest BCUT2D eigenvalue weighted by Gasteiger charge is -2.30. The zero-order valence-electron chi connectivity index (χ0n) is 21.0. The van der Waals surface area contributed by atoms with Crippen LogP contribution in [0.1, 0.15) is 48.6 Å². The van der Waals surface area contributed by atoms with Crippen molar-refractivity contribution in [3.63, 3.8) is 0 Å². The molecule has 0 fully saturated rings. The molecule has 0 spiro atoms. The largest absolute Gasteiger partial charge is 0.507 e. The van der Waals surface area contributed by atoms with E-state index in [0.717, 1.165) is 48.4 Å². The van der Waals surface area contributed by atoms with Gasteiger partial charge in [0.25, 0.3) is 5.56 Å². The van der Waals surface area contributed by atoms with Crippen molar-refractivity contribution in [2.45, 2.75) is 32.7 Å². The van der Waals surface area contributed by atoms with Gasteiger partial charge in [0.15, 0.2) is 4.80 Å². The monoisotopic (exact) mass is 507 g/mol. The zero-order valence-corrected chi connectivity index (χ0v) is 21.8. The Hall–Kier alpha value is -3.90. The molecule has 186 valence electrons. The summed E-state index contributed by atoms with van der Waals surface area (Å²) in [5, 5.41) is 10.8. The number of phenols is 1. The van der Waals surface area contributed by atoms with Crippen molar-refractivity contribution in [2.75, 3.05) is 18.0 Å². The number of rotatable bonds is 5. The first-order valence-electron chi connectivity index (χ1n) is 12.8. The van der Waals surface area contributed by atoms with Crippen LogP contribution in [0.2, 0.25) is 0 Å². The second-order valence-corrected chi connectivity index (χ2v) is 10.4. The Morgan fingerprint density at radius 1 is 1.03 bits per heavy atom. The zero-order chi connectivity index (χ0) is 25.5. The molecular formula is C31H29N3O2S. The lowest BCUT2D eigenvalue weighted by atomic mass is 9.83. The molecule has 4 aromatic rings. The van der Waals surface area contributed by atoms with Crippen molar-refractivity contribution in [1.29, 1.82) is 0 Å². The third kappa shape index (κ3) is 4.02. The highest BCUT2D eigenvalue weighted by Crippen LogP contribution is 2.41. The van der Waals surface area contributed by atoms with Crippen LogP contribution in [0.25, 0.3) is 11.8 Å². The van der Waals surface area contributed by atoms with Crippen LogP contribution >= 0.6 is 11.3 Å². The molecular weight excluding hydrogens is 478 g/mol. The average Bonchev–Trinajstić information content (AvgIpc) is 3.24. The number of aromatic hydroxyl groups is 1. The van der Waals surface area contributed by atoms with Crippen molar-refractivity contribution in [3.8, 4) is 5.75 Å². The molecule has 1 aromatic heterocycles. The summed E-state index contributed by atoms with van der Waals surface area (Å²) in [6, 6.07) is 24.2. The van der Waals surface area contributed by atoms with Gasteiger partial charge in [-0.15, -0.1) is 0 Å². The predicted molar refractivity (Wildman–Crippen MR) is 151 cm³/mol. The van der Waals surface area contributed by atoms with Crippen LogP contribution in [0.3, 0.4) is 0 Å². The van der Waals surface area contributed by atoms with E-state index in [4.69, 9.17) is 4.99 Å². The fourth-order valence-electron chi connectivity index (χ4n) is 5.54. The molecule has 0 saturated carbocycles. The van der Waals surface area contributed by atoms with E-state index in [0.29, 0.717) is 14.9 Å². The van der Waals surface area contributed by atoms with Crippen LogP contribution in [-0.2, 0) is 6.42 Å². The second kappa shape index (κ2) is 9.52. The number of allylic oxidation sites excluding steroid dienone is 1. The lowest BCUT2D eigenvalue weighted by Crippen LogP contribution is -2.38. The minimum atomic E-state index is -0.193. The summed E-state index contributed by atoms with van der Waals surface area (Å²) in [6.07, 6.45) is 3.60. The summed E-state index contributed by atoms with van der Waals surface area (Å²) in [4.78, 5) is 21.8. The molecule has 6 heteroatoms. The van der Waals surface area contributed by atoms with E-state index >= 15 is 0 Å². The van der Waals surface area contributed by atoms with Gasteiger partial charge in [-0.05, 0) is 61.6 Å². The van der Waals surface area contributed by atoms with Crippen LogP contribution in [0.15, 0.2) is 88.2 Å². The van der Waals surface area contributed by atoms with Crippen molar-refractivity contribution >= 4 is 28.8 Å². The normalized spacial score (nSPS) is 16.6. The third-order valence-corrected chi connectivity index (χ3v) is 8.40. The molecule has 3 aromatic carbocycles. The van der Waals surface area contributed by atoms with E-state index in [1.807, 2.05) is 34.9 Å². The summed E-state index contributed by atoms with van der Waals surface area (Å²) in [7, 11) is 0. The fourth-order valence-corrected chi connectivity index (χ4v) is 6.53. The molecule has 0 amide bonds. The van der Waals surface area contributed by atoms with Crippen molar-refractivity contribution < 1.29 is 5.11 Å². The van der Waals surface area contributed by atoms with E-state index in [9.17, 15) is 9.90 Å². The molecule has 0 unspecified atom stereocenters. The predicted octanol–water partition coefficient (Wildman–Crippen LogP) is 4.87. The fraction of sp³-hybridized carbons (Fsp3) is 0.226. The quantitative estimate of drug-likeness (QED) is 0.419. The Morgan fingerprint density at radius 3 is 2.54 bits per heavy atom. The van der Waals surface area contributed by atoms with E-state index < -0.39 is 0 Å². The van der Waals surface area contributed by atoms with Gasteiger partial charge in [-0.1, -0.05) is 65.9 Å². The molecule has 1 aliphatic heterocycles. The molecule has 5 nitrogen and oxygen atoms in total. The van der Waals surface area contributed by atoms with Crippen molar-refractivity contribution in [3.05, 3.63) is 120 Å². The molecule has 0 saturated heterocycles. The van der Waals surface area contributed by atoms with Crippen LogP contribution in [0.4, 0.5) is 5.69 Å². The van der Waals surface area contributed by atoms with Crippen LogP contribution in [-0.4, -0.2) is 22.8 Å². The first-order valence-corrected chi connectivity index (χ1v) is 13.7. The highest BCUT2D eigenvalue weighted by Gasteiger charge is 2.32. The van der Waals surface area contributed by atoms with Crippen LogP contribution in [0, 0.1) is 0 Å². The molecule has 2 aliphatic rings. The number of hydrogen-bond donors (Lipinski definition) is 1. The number of thiazole rings is 1. The number of aromatic nitrogens is 1. The van der Waals surface area contributed by atoms with Gasteiger partial charge in [0, 0.05) is 36.0 Å². The lowest BCUT2D eigenvalue weighted by molar-refractivity contribution is 0.474. The van der Waals surface area contributed by atoms with Crippen LogP contribution < -0.4 is 19.8 Å². The average molecular weight is 508 g/mol. The van der Waals surface area contributed by atoms with Gasteiger partial charge < -0.3 is 10.0 Å². The Balaban J connectivity index is 1.54. The molecule has 0 bridgehead atoms. The van der Waals surface area contributed by atoms with Gasteiger partial charge in [0.2, 0.25) is 0 Å². The van der Waals surface area contributed by atoms with Gasteiger partial charge in [-0.3, -0.25) is 9.36 Å². The highest BCUT2D eigenvalue weighted by molar-refractivity contribution is 7.07. The van der Waals surface area contributed by atoms with E-state index in [-0.39, 0.29) is 17.4 Å². The van der Waals surface area contributed by atoms with Gasteiger partial charge in [0.05, 0.1) is 16.3 Å². The maximum atomic E-state index is 13.9. The Labute approximate surface area is 220 Å². The molecule has 37 heavy (non-hydrogen) atoms. The van der Waals surface area contributed by atoms with Gasteiger partial charge in [0.1, 0.15) is 5.75 Å². The first kappa shape index (κ1) is 23.5. The summed E-state index contributed by atoms with van der Waals surface area (Å²) < 4.78 is 2.42. The first-order chi connectivity index (χ1) is 18.1. The summed E-state index contributed by atoms with van der Waals surface area (Å²) in [5.74, 6) is 0.170. The Kier molecular flexibility index (Phi) is 6.05. The standard InChI is InChI=1S/C31H29N3O2S/c1-3-33(4-2)23-16-14-22(26(35)19-23)18-27-30(36)34-29(21-11-6-5-7-12-21)25-17-15-20-10-8-9-13-24(20)28(25)32-31(34)37-27/h5-14,16,18-19,29,35H,3-4,15,17H2,1-2H3/b27-18-/t29-/m0/s1. The van der Waals surface area contributed by atoms with E-state index in [1.165, 1.54) is 22.5 Å². The number of aryl methyl sites for hydroxylation is 1. The number of nitrogens with zero attached hydrogens (tertiary/aromatic N) is 3. The highest BCUT2D eigenvalue weighted by atomic mass is 32.1. The summed E-state index contributed by atoms with van der Waals surface area (Å²) in [5.41, 5.74) is 7.26. The number of phenolic OH excluding ortho intramolecular Hbond substituents is 1. The van der Waals surface area contributed by atoms with Crippen molar-refractivity contribution in [1.82, 2.24) is 4.57 Å². The third-order valence-electron chi connectivity index (χ3n) is 7.42. The van der Waals surface area contributed by atoms with Gasteiger partial charge >= 0.3 is 0 Å². The maximum absolute atomic E-state index is 13.9. The molecule has 1 aliphatic carbocycles. The van der Waals surface area contributed by atoms with Crippen molar-refractivity contribution in [2.24, 2.45) is 4.99 Å². The molecule has 2 heterocycles. The number of fused-ring (bicyclic) bond motifs is 3. The molecule has 0 radical (unpaired) electrons. The summed E-state index contributed by atoms with van der Waals surface area (Å²) in [6.45, 7) is 5.91. The maximum Gasteiger partial charge on any atom is 0.271 e. The minimum Gasteiger partial charge on any atom is -0.507 e. The van der Waals surface area contributed by atoms with Gasteiger partial charge in [-0.25, -0.2) is 4.99 Å². The van der Waals surface area contributed by atoms with Crippen LogP contribution in [0.5, 0.6) is 5.75 Å². The topological polar surface area (TPSA) is 57.8 Å². The Morgan fingerprint density at radius 2 is 1.78 bits per heavy atom. The Bertz CT molecular complexity index is 1690.